The minimum absolute atomic E-state index is 0.0794. The fourth-order valence-electron chi connectivity index (χ4n) is 3.23. The van der Waals surface area contributed by atoms with Crippen molar-refractivity contribution in [1.29, 1.82) is 0 Å². The third-order valence-electron chi connectivity index (χ3n) is 4.92. The normalized spacial score (nSPS) is 13.9. The topological polar surface area (TPSA) is 116 Å². The molecule has 3 heterocycles. The van der Waals surface area contributed by atoms with E-state index in [0.717, 1.165) is 5.56 Å². The molecule has 9 nitrogen and oxygen atoms in total. The van der Waals surface area contributed by atoms with Crippen molar-refractivity contribution in [1.82, 2.24) is 30.2 Å². The summed E-state index contributed by atoms with van der Waals surface area (Å²) < 4.78 is 13.4. The molecule has 0 saturated carbocycles. The van der Waals surface area contributed by atoms with E-state index in [1.54, 1.807) is 11.1 Å². The van der Waals surface area contributed by atoms with Gasteiger partial charge in [0.2, 0.25) is 5.95 Å². The second-order valence-corrected chi connectivity index (χ2v) is 7.84. The van der Waals surface area contributed by atoms with E-state index in [9.17, 15) is 14.3 Å². The van der Waals surface area contributed by atoms with E-state index in [-0.39, 0.29) is 29.4 Å². The predicted molar refractivity (Wildman–Crippen MR) is 116 cm³/mol. The molecule has 32 heavy (non-hydrogen) atoms. The van der Waals surface area contributed by atoms with Crippen molar-refractivity contribution < 1.29 is 14.3 Å². The summed E-state index contributed by atoms with van der Waals surface area (Å²) in [5.74, 6) is 0.181. The summed E-state index contributed by atoms with van der Waals surface area (Å²) in [5, 5.41) is 15.6. The zero-order valence-corrected chi connectivity index (χ0v) is 18.1. The van der Waals surface area contributed by atoms with Crippen molar-refractivity contribution in [2.24, 2.45) is 0 Å². The molecule has 0 radical (unpaired) electrons. The van der Waals surface area contributed by atoms with Crippen LogP contribution in [-0.4, -0.2) is 49.1 Å². The number of rotatable bonds is 5. The zero-order valence-electron chi connectivity index (χ0n) is 16.6. The second kappa shape index (κ2) is 9.60. The Labute approximate surface area is 192 Å². The first-order valence-corrected chi connectivity index (χ1v) is 10.4. The quantitative estimate of drug-likeness (QED) is 0.516. The molecule has 3 aromatic rings. The van der Waals surface area contributed by atoms with E-state index in [1.165, 1.54) is 30.6 Å². The number of hydrogen-bond donors (Lipinski definition) is 3. The van der Waals surface area contributed by atoms with Crippen molar-refractivity contribution in [2.75, 3.05) is 18.5 Å². The Morgan fingerprint density at radius 2 is 2.06 bits per heavy atom. The lowest BCUT2D eigenvalue weighted by Crippen LogP contribution is -2.45. The van der Waals surface area contributed by atoms with Gasteiger partial charge in [0.05, 0.1) is 42.3 Å². The Bertz CT molecular complexity index is 1130. The van der Waals surface area contributed by atoms with Gasteiger partial charge in [0.15, 0.2) is 5.82 Å². The molecule has 0 fully saturated rings. The highest BCUT2D eigenvalue weighted by molar-refractivity contribution is 6.30. The Morgan fingerprint density at radius 3 is 2.78 bits per heavy atom. The van der Waals surface area contributed by atoms with Crippen LogP contribution in [-0.2, 0) is 13.0 Å². The molecule has 166 valence electrons. The van der Waals surface area contributed by atoms with Gasteiger partial charge >= 0.3 is 6.03 Å². The third kappa shape index (κ3) is 5.04. The summed E-state index contributed by atoms with van der Waals surface area (Å²) in [4.78, 5) is 31.2. The van der Waals surface area contributed by atoms with Gasteiger partial charge in [-0.3, -0.25) is 0 Å². The lowest BCUT2D eigenvalue weighted by Gasteiger charge is -2.30. The van der Waals surface area contributed by atoms with E-state index >= 15 is 0 Å². The summed E-state index contributed by atoms with van der Waals surface area (Å²) >= 11 is 11.6. The lowest BCUT2D eigenvalue weighted by atomic mass is 10.1. The number of halogens is 3. The highest BCUT2D eigenvalue weighted by Crippen LogP contribution is 2.23. The van der Waals surface area contributed by atoms with Crippen LogP contribution in [0.3, 0.4) is 0 Å². The van der Waals surface area contributed by atoms with Crippen molar-refractivity contribution in [3.63, 3.8) is 0 Å². The zero-order chi connectivity index (χ0) is 22.7. The van der Waals surface area contributed by atoms with E-state index < -0.39 is 11.9 Å². The van der Waals surface area contributed by atoms with Crippen LogP contribution in [0.5, 0.6) is 0 Å². The first kappa shape index (κ1) is 22.1. The lowest BCUT2D eigenvalue weighted by molar-refractivity contribution is 0.176. The summed E-state index contributed by atoms with van der Waals surface area (Å²) in [5.41, 5.74) is 2.13. The Balaban J connectivity index is 1.44. The number of urea groups is 1. The molecular formula is C20H18Cl2FN7O2. The van der Waals surface area contributed by atoms with E-state index in [0.29, 0.717) is 36.0 Å². The molecule has 0 unspecified atom stereocenters. The van der Waals surface area contributed by atoms with Crippen molar-refractivity contribution in [2.45, 2.75) is 19.0 Å². The molecule has 1 aromatic carbocycles. The van der Waals surface area contributed by atoms with E-state index in [1.807, 2.05) is 0 Å². The van der Waals surface area contributed by atoms with Crippen LogP contribution in [0.25, 0.3) is 0 Å². The maximum absolute atomic E-state index is 13.4. The molecule has 2 aromatic heterocycles. The first-order valence-electron chi connectivity index (χ1n) is 9.63. The number of anilines is 2. The number of fused-ring (bicyclic) bond motifs is 1. The molecule has 1 atom stereocenters. The van der Waals surface area contributed by atoms with Crippen molar-refractivity contribution >= 4 is 41.0 Å². The SMILES string of the molecule is O=C(N[C@H](CO)c1ccc(F)c(Cl)c1)N1CCc2cnc(Nc3cnc(Cl)cn3)nc2C1. The molecule has 0 bridgehead atoms. The van der Waals surface area contributed by atoms with Gasteiger partial charge in [-0.15, -0.1) is 0 Å². The number of carbonyl (C=O) groups excluding carboxylic acids is 1. The van der Waals surface area contributed by atoms with Crippen molar-refractivity contribution in [3.8, 4) is 0 Å². The average Bonchev–Trinajstić information content (AvgIpc) is 2.80. The van der Waals surface area contributed by atoms with Gasteiger partial charge < -0.3 is 20.6 Å². The standard InChI is InChI=1S/C20H18Cl2FN7O2/c21-13-5-11(1-2-14(13)23)16(10-31)28-20(32)30-4-3-12-6-26-19(27-15(12)9-30)29-18-8-24-17(22)7-25-18/h1-2,5-8,16,31H,3-4,9-10H2,(H,28,32)(H,25,26,27,29)/t16-/m1/s1. The number of carbonyl (C=O) groups is 1. The van der Waals surface area contributed by atoms with Crippen molar-refractivity contribution in [3.05, 3.63) is 69.6 Å². The molecule has 4 rings (SSSR count). The minimum Gasteiger partial charge on any atom is -0.394 e. The van der Waals surface area contributed by atoms with Crippen LogP contribution in [0.4, 0.5) is 21.0 Å². The predicted octanol–water partition coefficient (Wildman–Crippen LogP) is 3.26. The number of aromatic nitrogens is 4. The highest BCUT2D eigenvalue weighted by atomic mass is 35.5. The summed E-state index contributed by atoms with van der Waals surface area (Å²) in [6, 6.07) is 2.94. The number of benzene rings is 1. The number of nitrogens with zero attached hydrogens (tertiary/aromatic N) is 5. The van der Waals surface area contributed by atoms with E-state index in [4.69, 9.17) is 23.2 Å². The molecule has 2 amide bonds. The maximum atomic E-state index is 13.4. The second-order valence-electron chi connectivity index (χ2n) is 7.04. The fourth-order valence-corrected chi connectivity index (χ4v) is 3.52. The van der Waals surface area contributed by atoms with Crippen LogP contribution in [0, 0.1) is 5.82 Å². The summed E-state index contributed by atoms with van der Waals surface area (Å²) in [6.07, 6.45) is 5.15. The number of amides is 2. The molecule has 1 aliphatic heterocycles. The average molecular weight is 478 g/mol. The molecule has 0 saturated heterocycles. The Morgan fingerprint density at radius 1 is 1.22 bits per heavy atom. The van der Waals surface area contributed by atoms with Gasteiger partial charge in [-0.05, 0) is 29.7 Å². The fraction of sp³-hybridized carbons (Fsp3) is 0.250. The maximum Gasteiger partial charge on any atom is 0.318 e. The van der Waals surface area contributed by atoms with Gasteiger partial charge in [0.25, 0.3) is 0 Å². The van der Waals surface area contributed by atoms with Gasteiger partial charge in [0, 0.05) is 12.7 Å². The summed E-state index contributed by atoms with van der Waals surface area (Å²) in [6.45, 7) is 0.351. The van der Waals surface area contributed by atoms with Crippen LogP contribution < -0.4 is 10.6 Å². The molecule has 0 aliphatic carbocycles. The number of aliphatic hydroxyl groups is 1. The molecular weight excluding hydrogens is 460 g/mol. The van der Waals surface area contributed by atoms with Gasteiger partial charge in [-0.25, -0.2) is 29.1 Å². The number of nitrogens with one attached hydrogen (secondary N) is 2. The monoisotopic (exact) mass is 477 g/mol. The number of aliphatic hydroxyl groups excluding tert-OH is 1. The molecule has 0 spiro atoms. The van der Waals surface area contributed by atoms with Gasteiger partial charge in [0.1, 0.15) is 11.0 Å². The molecule has 1 aliphatic rings. The third-order valence-corrected chi connectivity index (χ3v) is 5.40. The van der Waals surface area contributed by atoms with Crippen LogP contribution >= 0.6 is 23.2 Å². The number of hydrogen-bond acceptors (Lipinski definition) is 7. The molecule has 12 heteroatoms. The van der Waals surface area contributed by atoms with Gasteiger partial charge in [-0.1, -0.05) is 29.3 Å². The Kier molecular flexibility index (Phi) is 6.63. The Hall–Kier alpha value is -3.08. The highest BCUT2D eigenvalue weighted by Gasteiger charge is 2.25. The van der Waals surface area contributed by atoms with Gasteiger partial charge in [-0.2, -0.15) is 0 Å². The smallest absolute Gasteiger partial charge is 0.318 e. The van der Waals surface area contributed by atoms with E-state index in [2.05, 4.69) is 30.6 Å². The van der Waals surface area contributed by atoms with Crippen LogP contribution in [0.2, 0.25) is 10.2 Å². The van der Waals surface area contributed by atoms with Crippen LogP contribution in [0.15, 0.2) is 36.8 Å². The minimum atomic E-state index is -0.729. The first-order chi connectivity index (χ1) is 15.4. The largest absolute Gasteiger partial charge is 0.394 e. The molecule has 3 N–H and O–H groups in total. The van der Waals surface area contributed by atoms with Crippen LogP contribution in [0.1, 0.15) is 22.9 Å². The summed E-state index contributed by atoms with van der Waals surface area (Å²) in [7, 11) is 0.